The van der Waals surface area contributed by atoms with E-state index in [9.17, 15) is 9.90 Å². The quantitative estimate of drug-likeness (QED) is 0.834. The highest BCUT2D eigenvalue weighted by Gasteiger charge is 2.07. The van der Waals surface area contributed by atoms with Crippen LogP contribution < -0.4 is 0 Å². The molecular weight excluding hydrogens is 260 g/mol. The van der Waals surface area contributed by atoms with Crippen molar-refractivity contribution in [2.45, 2.75) is 0 Å². The monoisotopic (exact) mass is 266 g/mol. The van der Waals surface area contributed by atoms with Gasteiger partial charge in [0.1, 0.15) is 5.75 Å². The molecule has 15 heavy (non-hydrogen) atoms. The summed E-state index contributed by atoms with van der Waals surface area (Å²) < 4.78 is 0.580. The van der Waals surface area contributed by atoms with Gasteiger partial charge in [0.05, 0.1) is 10.0 Å². The van der Waals surface area contributed by atoms with Crippen LogP contribution in [0.2, 0.25) is 0 Å². The van der Waals surface area contributed by atoms with Crippen molar-refractivity contribution in [3.05, 3.63) is 40.4 Å². The van der Waals surface area contributed by atoms with Gasteiger partial charge in [-0.1, -0.05) is 12.1 Å². The number of fused-ring (bicyclic) bond motifs is 1. The maximum atomic E-state index is 10.7. The zero-order valence-electron chi connectivity index (χ0n) is 7.57. The average Bonchev–Trinajstić information content (AvgIpc) is 2.23. The maximum Gasteiger partial charge on any atom is 0.335 e. The Balaban J connectivity index is 2.75. The number of carboxylic acids is 1. The summed E-state index contributed by atoms with van der Waals surface area (Å²) in [5.41, 5.74) is 0.236. The molecule has 0 aliphatic carbocycles. The minimum Gasteiger partial charge on any atom is -0.507 e. The predicted molar refractivity (Wildman–Crippen MR) is 60.3 cm³/mol. The van der Waals surface area contributed by atoms with Gasteiger partial charge in [-0.2, -0.15) is 0 Å². The molecule has 4 heteroatoms. The molecule has 0 spiro atoms. The van der Waals surface area contributed by atoms with E-state index in [-0.39, 0.29) is 11.3 Å². The fourth-order valence-electron chi connectivity index (χ4n) is 1.41. The lowest BCUT2D eigenvalue weighted by Gasteiger charge is -2.03. The Bertz CT molecular complexity index is 549. The van der Waals surface area contributed by atoms with E-state index in [2.05, 4.69) is 15.9 Å². The highest BCUT2D eigenvalue weighted by atomic mass is 79.9. The van der Waals surface area contributed by atoms with E-state index in [0.717, 1.165) is 10.8 Å². The first kappa shape index (κ1) is 9.98. The van der Waals surface area contributed by atoms with E-state index in [4.69, 9.17) is 5.11 Å². The van der Waals surface area contributed by atoms with Gasteiger partial charge in [-0.25, -0.2) is 4.79 Å². The van der Waals surface area contributed by atoms with Crippen LogP contribution in [0.5, 0.6) is 5.75 Å². The van der Waals surface area contributed by atoms with Crippen LogP contribution in [0.25, 0.3) is 10.8 Å². The van der Waals surface area contributed by atoms with E-state index >= 15 is 0 Å². The van der Waals surface area contributed by atoms with Crippen LogP contribution in [0.1, 0.15) is 10.4 Å². The topological polar surface area (TPSA) is 57.5 Å². The van der Waals surface area contributed by atoms with Crippen LogP contribution in [0.3, 0.4) is 0 Å². The summed E-state index contributed by atoms with van der Waals surface area (Å²) >= 11 is 3.24. The lowest BCUT2D eigenvalue weighted by atomic mass is 10.1. The molecule has 0 saturated carbocycles. The number of phenolic OH excluding ortho intramolecular Hbond substituents is 1. The number of hydrogen-bond acceptors (Lipinski definition) is 2. The molecule has 0 saturated heterocycles. The maximum absolute atomic E-state index is 10.7. The third-order valence-corrected chi connectivity index (χ3v) is 3.01. The average molecular weight is 267 g/mol. The number of aromatic hydroxyl groups is 1. The standard InChI is InChI=1S/C11H7BrO3/c12-10-8-3-1-7(11(14)15)5-6(8)2-4-9(10)13/h1-5,13H,(H,14,15). The fourth-order valence-corrected chi connectivity index (χ4v) is 1.91. The molecule has 0 amide bonds. The number of rotatable bonds is 1. The van der Waals surface area contributed by atoms with Gasteiger partial charge >= 0.3 is 5.97 Å². The Hall–Kier alpha value is -1.55. The molecule has 76 valence electrons. The van der Waals surface area contributed by atoms with Gasteiger partial charge < -0.3 is 10.2 Å². The van der Waals surface area contributed by atoms with Gasteiger partial charge in [0.2, 0.25) is 0 Å². The van der Waals surface area contributed by atoms with Crippen molar-refractivity contribution >= 4 is 32.7 Å². The predicted octanol–water partition coefficient (Wildman–Crippen LogP) is 3.01. The van der Waals surface area contributed by atoms with Crippen LogP contribution in [-0.4, -0.2) is 16.2 Å². The van der Waals surface area contributed by atoms with Crippen LogP contribution in [0, 0.1) is 0 Å². The van der Waals surface area contributed by atoms with Crippen molar-refractivity contribution in [3.63, 3.8) is 0 Å². The van der Waals surface area contributed by atoms with Crippen LogP contribution in [0.15, 0.2) is 34.8 Å². The van der Waals surface area contributed by atoms with Gasteiger partial charge in [-0.05, 0) is 44.9 Å². The smallest absolute Gasteiger partial charge is 0.335 e. The zero-order valence-corrected chi connectivity index (χ0v) is 9.15. The lowest BCUT2D eigenvalue weighted by Crippen LogP contribution is -1.95. The van der Waals surface area contributed by atoms with Gasteiger partial charge in [0, 0.05) is 0 Å². The van der Waals surface area contributed by atoms with Crippen molar-refractivity contribution in [2.24, 2.45) is 0 Å². The fraction of sp³-hybridized carbons (Fsp3) is 0. The van der Waals surface area contributed by atoms with Crippen LogP contribution in [0.4, 0.5) is 0 Å². The second-order valence-corrected chi connectivity index (χ2v) is 3.93. The summed E-state index contributed by atoms with van der Waals surface area (Å²) in [5.74, 6) is -0.813. The van der Waals surface area contributed by atoms with E-state index in [1.807, 2.05) is 0 Å². The number of carboxylic acid groups (broad SMARTS) is 1. The second-order valence-electron chi connectivity index (χ2n) is 3.14. The summed E-state index contributed by atoms with van der Waals surface area (Å²) in [4.78, 5) is 10.7. The second kappa shape index (κ2) is 3.55. The van der Waals surface area contributed by atoms with Crippen molar-refractivity contribution in [3.8, 4) is 5.75 Å². The summed E-state index contributed by atoms with van der Waals surface area (Å²) in [6.45, 7) is 0. The molecule has 0 aliphatic rings. The van der Waals surface area contributed by atoms with Gasteiger partial charge in [-0.15, -0.1) is 0 Å². The van der Waals surface area contributed by atoms with Crippen molar-refractivity contribution in [2.75, 3.05) is 0 Å². The first-order valence-electron chi connectivity index (χ1n) is 4.24. The van der Waals surface area contributed by atoms with Gasteiger partial charge in [0.25, 0.3) is 0 Å². The Morgan fingerprint density at radius 2 is 1.93 bits per heavy atom. The third-order valence-electron chi connectivity index (χ3n) is 2.18. The number of benzene rings is 2. The molecule has 3 nitrogen and oxygen atoms in total. The van der Waals surface area contributed by atoms with Crippen LogP contribution >= 0.6 is 15.9 Å². The van der Waals surface area contributed by atoms with E-state index in [1.165, 1.54) is 12.1 Å². The largest absolute Gasteiger partial charge is 0.507 e. The first-order valence-corrected chi connectivity index (χ1v) is 5.03. The van der Waals surface area contributed by atoms with Gasteiger partial charge in [-0.3, -0.25) is 0 Å². The van der Waals surface area contributed by atoms with Gasteiger partial charge in [0.15, 0.2) is 0 Å². The van der Waals surface area contributed by atoms with Crippen LogP contribution in [-0.2, 0) is 0 Å². The summed E-state index contributed by atoms with van der Waals surface area (Å²) in [6, 6.07) is 7.96. The molecule has 2 N–H and O–H groups in total. The molecule has 0 fully saturated rings. The first-order chi connectivity index (χ1) is 7.09. The normalized spacial score (nSPS) is 10.5. The summed E-state index contributed by atoms with van der Waals surface area (Å²) in [7, 11) is 0. The number of hydrogen-bond donors (Lipinski definition) is 2. The van der Waals surface area contributed by atoms with E-state index in [1.54, 1.807) is 18.2 Å². The minimum absolute atomic E-state index is 0.144. The Labute approximate surface area is 94.1 Å². The molecule has 0 heterocycles. The van der Waals surface area contributed by atoms with Crippen molar-refractivity contribution in [1.29, 1.82) is 0 Å². The molecular formula is C11H7BrO3. The lowest BCUT2D eigenvalue weighted by molar-refractivity contribution is 0.0697. The SMILES string of the molecule is O=C(O)c1ccc2c(Br)c(O)ccc2c1. The highest BCUT2D eigenvalue weighted by molar-refractivity contribution is 9.10. The summed E-state index contributed by atoms with van der Waals surface area (Å²) in [5, 5.41) is 19.8. The molecule has 0 aromatic heterocycles. The van der Waals surface area contributed by atoms with Crippen molar-refractivity contribution in [1.82, 2.24) is 0 Å². The molecule has 0 bridgehead atoms. The van der Waals surface area contributed by atoms with E-state index in [0.29, 0.717) is 4.47 Å². The highest BCUT2D eigenvalue weighted by Crippen LogP contribution is 2.32. The van der Waals surface area contributed by atoms with E-state index < -0.39 is 5.97 Å². The minimum atomic E-state index is -0.957. The zero-order chi connectivity index (χ0) is 11.0. The number of carbonyl (C=O) groups is 1. The molecule has 0 unspecified atom stereocenters. The molecule has 0 atom stereocenters. The number of phenols is 1. The summed E-state index contributed by atoms with van der Waals surface area (Å²) in [6.07, 6.45) is 0. The van der Waals surface area contributed by atoms with Crippen molar-refractivity contribution < 1.29 is 15.0 Å². The number of halogens is 1. The third kappa shape index (κ3) is 1.68. The number of aromatic carboxylic acids is 1. The Kier molecular flexibility index (Phi) is 2.36. The molecule has 0 radical (unpaired) electrons. The Morgan fingerprint density at radius 3 is 2.60 bits per heavy atom. The Morgan fingerprint density at radius 1 is 1.20 bits per heavy atom. The molecule has 0 aliphatic heterocycles. The molecule has 2 aromatic rings. The molecule has 2 rings (SSSR count). The molecule has 2 aromatic carbocycles.